The van der Waals surface area contributed by atoms with Crippen LogP contribution < -0.4 is 4.74 Å². The Morgan fingerprint density at radius 1 is 0.818 bits per heavy atom. The smallest absolute Gasteiger partial charge is 0.191 e. The number of methoxy groups -OCH3 is 1. The summed E-state index contributed by atoms with van der Waals surface area (Å²) < 4.78 is 17.3. The van der Waals surface area contributed by atoms with Crippen LogP contribution in [0.4, 0.5) is 0 Å². The summed E-state index contributed by atoms with van der Waals surface area (Å²) in [5.74, 6) is 3.67. The highest BCUT2D eigenvalue weighted by Gasteiger charge is 2.52. The third kappa shape index (κ3) is 3.96. The van der Waals surface area contributed by atoms with Gasteiger partial charge in [-0.15, -0.1) is 0 Å². The zero-order chi connectivity index (χ0) is 22.4. The molecule has 7 rings (SSSR count). The van der Waals surface area contributed by atoms with Crippen molar-refractivity contribution in [1.29, 1.82) is 0 Å². The topological polar surface area (TPSA) is 27.7 Å². The first-order valence-corrected chi connectivity index (χ1v) is 12.5. The van der Waals surface area contributed by atoms with Gasteiger partial charge >= 0.3 is 0 Å². The standard InChI is InChI=1S/C30H34O3/c1-20(31-2)32-19-33-29-15-26-9-8-25(24-6-4-3-5-7-24)13-27(26)14-28(29)30-16-21-10-22(17-30)12-23(11-21)18-30/h3-9,13-15,20-23H,10-12,16-19H2,1-2H3. The maximum atomic E-state index is 6.32. The van der Waals surface area contributed by atoms with Gasteiger partial charge in [0, 0.05) is 12.7 Å². The monoisotopic (exact) mass is 442 g/mol. The predicted octanol–water partition coefficient (Wildman–Crippen LogP) is 7.32. The maximum absolute atomic E-state index is 6.32. The second kappa shape index (κ2) is 8.45. The lowest BCUT2D eigenvalue weighted by Gasteiger charge is -2.57. The van der Waals surface area contributed by atoms with E-state index in [0.717, 1.165) is 23.5 Å². The first-order chi connectivity index (χ1) is 16.1. The minimum absolute atomic E-state index is 0.210. The van der Waals surface area contributed by atoms with E-state index in [0.29, 0.717) is 0 Å². The lowest BCUT2D eigenvalue weighted by atomic mass is 9.48. The number of rotatable bonds is 7. The molecule has 0 aromatic heterocycles. The van der Waals surface area contributed by atoms with E-state index in [1.807, 2.05) is 6.92 Å². The minimum atomic E-state index is -0.276. The summed E-state index contributed by atoms with van der Waals surface area (Å²) in [7, 11) is 1.66. The van der Waals surface area contributed by atoms with Crippen molar-refractivity contribution in [2.45, 2.75) is 57.2 Å². The van der Waals surface area contributed by atoms with Crippen LogP contribution in [-0.2, 0) is 14.9 Å². The molecule has 4 fully saturated rings. The third-order valence-corrected chi connectivity index (χ3v) is 8.50. The molecule has 0 spiro atoms. The van der Waals surface area contributed by atoms with E-state index in [-0.39, 0.29) is 18.5 Å². The number of ether oxygens (including phenoxy) is 3. The Balaban J connectivity index is 1.42. The lowest BCUT2D eigenvalue weighted by molar-refractivity contribution is -0.150. The van der Waals surface area contributed by atoms with Crippen LogP contribution in [0.25, 0.3) is 21.9 Å². The Bertz CT molecular complexity index is 1100. The van der Waals surface area contributed by atoms with E-state index in [2.05, 4.69) is 60.7 Å². The van der Waals surface area contributed by atoms with Crippen LogP contribution in [0, 0.1) is 17.8 Å². The Kier molecular flexibility index (Phi) is 5.43. The average Bonchev–Trinajstić information content (AvgIpc) is 2.83. The highest BCUT2D eigenvalue weighted by molar-refractivity contribution is 5.89. The van der Waals surface area contributed by atoms with Crippen molar-refractivity contribution in [2.75, 3.05) is 13.9 Å². The van der Waals surface area contributed by atoms with Crippen molar-refractivity contribution in [3.05, 3.63) is 66.2 Å². The van der Waals surface area contributed by atoms with Crippen molar-refractivity contribution in [3.8, 4) is 16.9 Å². The van der Waals surface area contributed by atoms with Crippen molar-refractivity contribution in [2.24, 2.45) is 17.8 Å². The minimum Gasteiger partial charge on any atom is -0.467 e. The second-order valence-corrected chi connectivity index (χ2v) is 10.7. The van der Waals surface area contributed by atoms with Crippen LogP contribution in [0.1, 0.15) is 51.0 Å². The molecule has 0 heterocycles. The molecule has 4 aliphatic carbocycles. The van der Waals surface area contributed by atoms with Gasteiger partial charge in [-0.3, -0.25) is 0 Å². The molecule has 4 bridgehead atoms. The molecule has 0 N–H and O–H groups in total. The molecule has 1 atom stereocenters. The molecular formula is C30H34O3. The molecule has 3 aromatic rings. The first-order valence-electron chi connectivity index (χ1n) is 12.5. The lowest BCUT2D eigenvalue weighted by Crippen LogP contribution is -2.48. The fourth-order valence-corrected chi connectivity index (χ4v) is 7.32. The van der Waals surface area contributed by atoms with Gasteiger partial charge in [-0.2, -0.15) is 0 Å². The van der Waals surface area contributed by atoms with Crippen LogP contribution in [0.2, 0.25) is 0 Å². The maximum Gasteiger partial charge on any atom is 0.191 e. The molecule has 0 aliphatic heterocycles. The highest BCUT2D eigenvalue weighted by Crippen LogP contribution is 2.62. The zero-order valence-electron chi connectivity index (χ0n) is 19.8. The quantitative estimate of drug-likeness (QED) is 0.359. The largest absolute Gasteiger partial charge is 0.467 e. The predicted molar refractivity (Wildman–Crippen MR) is 132 cm³/mol. The summed E-state index contributed by atoms with van der Waals surface area (Å²) in [6.07, 6.45) is 7.99. The van der Waals surface area contributed by atoms with Crippen LogP contribution >= 0.6 is 0 Å². The van der Waals surface area contributed by atoms with Crippen LogP contribution in [0.5, 0.6) is 5.75 Å². The highest BCUT2D eigenvalue weighted by atomic mass is 16.7. The third-order valence-electron chi connectivity index (χ3n) is 8.50. The van der Waals surface area contributed by atoms with Gasteiger partial charge in [0.2, 0.25) is 0 Å². The second-order valence-electron chi connectivity index (χ2n) is 10.7. The molecule has 172 valence electrons. The Morgan fingerprint density at radius 3 is 2.18 bits per heavy atom. The molecule has 4 aliphatic rings. The fraction of sp³-hybridized carbons (Fsp3) is 0.467. The van der Waals surface area contributed by atoms with Gasteiger partial charge in [0.05, 0.1) is 0 Å². The number of fused-ring (bicyclic) bond motifs is 1. The van der Waals surface area contributed by atoms with Crippen molar-refractivity contribution in [1.82, 2.24) is 0 Å². The van der Waals surface area contributed by atoms with E-state index in [1.54, 1.807) is 7.11 Å². The normalized spacial score (nSPS) is 28.8. The molecular weight excluding hydrogens is 408 g/mol. The summed E-state index contributed by atoms with van der Waals surface area (Å²) in [6, 6.07) is 22.2. The molecule has 3 nitrogen and oxygen atoms in total. The molecule has 0 saturated heterocycles. The first kappa shape index (κ1) is 21.2. The molecule has 33 heavy (non-hydrogen) atoms. The number of hydrogen-bond acceptors (Lipinski definition) is 3. The molecule has 3 aromatic carbocycles. The van der Waals surface area contributed by atoms with Gasteiger partial charge in [0.15, 0.2) is 13.1 Å². The molecule has 0 radical (unpaired) electrons. The van der Waals surface area contributed by atoms with Crippen LogP contribution in [0.15, 0.2) is 60.7 Å². The number of hydrogen-bond donors (Lipinski definition) is 0. The molecule has 0 amide bonds. The summed E-state index contributed by atoms with van der Waals surface area (Å²) in [4.78, 5) is 0. The van der Waals surface area contributed by atoms with Crippen molar-refractivity contribution >= 4 is 10.8 Å². The van der Waals surface area contributed by atoms with Crippen molar-refractivity contribution < 1.29 is 14.2 Å². The van der Waals surface area contributed by atoms with Gasteiger partial charge in [0.1, 0.15) is 5.75 Å². The van der Waals surface area contributed by atoms with Gasteiger partial charge in [-0.25, -0.2) is 0 Å². The fourth-order valence-electron chi connectivity index (χ4n) is 7.32. The molecule has 4 saturated carbocycles. The van der Waals surface area contributed by atoms with E-state index >= 15 is 0 Å². The van der Waals surface area contributed by atoms with Crippen molar-refractivity contribution in [3.63, 3.8) is 0 Å². The summed E-state index contributed by atoms with van der Waals surface area (Å²) >= 11 is 0. The summed E-state index contributed by atoms with van der Waals surface area (Å²) in [5.41, 5.74) is 4.20. The van der Waals surface area contributed by atoms with E-state index in [9.17, 15) is 0 Å². The van der Waals surface area contributed by atoms with Gasteiger partial charge in [0.25, 0.3) is 0 Å². The summed E-state index contributed by atoms with van der Waals surface area (Å²) in [6.45, 7) is 2.11. The zero-order valence-corrected chi connectivity index (χ0v) is 19.8. The number of benzene rings is 3. The van der Waals surface area contributed by atoms with E-state index in [1.165, 1.54) is 66.0 Å². The van der Waals surface area contributed by atoms with E-state index in [4.69, 9.17) is 14.2 Å². The van der Waals surface area contributed by atoms with Crippen LogP contribution in [-0.4, -0.2) is 20.2 Å². The average molecular weight is 443 g/mol. The Labute approximate surface area is 197 Å². The van der Waals surface area contributed by atoms with Gasteiger partial charge in [-0.1, -0.05) is 42.5 Å². The van der Waals surface area contributed by atoms with Crippen LogP contribution in [0.3, 0.4) is 0 Å². The van der Waals surface area contributed by atoms with Gasteiger partial charge < -0.3 is 14.2 Å². The van der Waals surface area contributed by atoms with E-state index < -0.39 is 0 Å². The van der Waals surface area contributed by atoms with Gasteiger partial charge in [-0.05, 0) is 109 Å². The Hall–Kier alpha value is -2.36. The molecule has 1 unspecified atom stereocenters. The summed E-state index contributed by atoms with van der Waals surface area (Å²) in [5, 5.41) is 2.53. The SMILES string of the molecule is COC(C)OCOc1cc2ccc(-c3ccccc3)cc2cc1C12CC3CC(CC(C3)C1)C2. The molecule has 3 heteroatoms. The Morgan fingerprint density at radius 2 is 1.52 bits per heavy atom.